The standard InChI is InChI=1S/C17H21N/c1-15(17-11-7-4-8-12-17)13-18(2)14-16-9-5-3-6-10-16/h3-12,15H,13-14H2,1-2H3/t15-/m0/s1. The van der Waals surface area contributed by atoms with Crippen LogP contribution in [0.5, 0.6) is 0 Å². The molecule has 0 aliphatic heterocycles. The van der Waals surface area contributed by atoms with Crippen LogP contribution in [0.15, 0.2) is 60.7 Å². The first kappa shape index (κ1) is 12.8. The Morgan fingerprint density at radius 3 is 2.06 bits per heavy atom. The van der Waals surface area contributed by atoms with Crippen molar-refractivity contribution in [1.29, 1.82) is 0 Å². The summed E-state index contributed by atoms with van der Waals surface area (Å²) in [6.45, 7) is 4.38. The Balaban J connectivity index is 1.90. The van der Waals surface area contributed by atoms with Crippen LogP contribution in [0.1, 0.15) is 24.0 Å². The normalized spacial score (nSPS) is 12.6. The molecule has 0 saturated heterocycles. The van der Waals surface area contributed by atoms with E-state index in [4.69, 9.17) is 0 Å². The molecule has 0 fully saturated rings. The van der Waals surface area contributed by atoms with Crippen LogP contribution in [0.4, 0.5) is 0 Å². The van der Waals surface area contributed by atoms with Gasteiger partial charge in [0.1, 0.15) is 0 Å². The van der Waals surface area contributed by atoms with Gasteiger partial charge in [0.15, 0.2) is 0 Å². The summed E-state index contributed by atoms with van der Waals surface area (Å²) < 4.78 is 0. The van der Waals surface area contributed by atoms with E-state index in [0.29, 0.717) is 5.92 Å². The van der Waals surface area contributed by atoms with Crippen molar-refractivity contribution in [3.8, 4) is 0 Å². The molecule has 0 heterocycles. The van der Waals surface area contributed by atoms with E-state index in [1.807, 2.05) is 0 Å². The predicted octanol–water partition coefficient (Wildman–Crippen LogP) is 3.92. The summed E-state index contributed by atoms with van der Waals surface area (Å²) in [6.07, 6.45) is 0. The third kappa shape index (κ3) is 3.71. The summed E-state index contributed by atoms with van der Waals surface area (Å²) in [5.41, 5.74) is 2.79. The van der Waals surface area contributed by atoms with Crippen molar-refractivity contribution in [3.05, 3.63) is 71.8 Å². The van der Waals surface area contributed by atoms with Crippen molar-refractivity contribution >= 4 is 0 Å². The third-order valence-corrected chi connectivity index (χ3v) is 3.25. The van der Waals surface area contributed by atoms with Crippen LogP contribution in [-0.2, 0) is 6.54 Å². The first-order chi connectivity index (χ1) is 8.75. The number of rotatable bonds is 5. The van der Waals surface area contributed by atoms with Crippen LogP contribution >= 0.6 is 0 Å². The molecule has 1 nitrogen and oxygen atoms in total. The average molecular weight is 239 g/mol. The van der Waals surface area contributed by atoms with Gasteiger partial charge in [-0.25, -0.2) is 0 Å². The fourth-order valence-corrected chi connectivity index (χ4v) is 2.31. The lowest BCUT2D eigenvalue weighted by Crippen LogP contribution is -2.23. The Kier molecular flexibility index (Phi) is 4.54. The van der Waals surface area contributed by atoms with Crippen LogP contribution in [0.25, 0.3) is 0 Å². The van der Waals surface area contributed by atoms with Gasteiger partial charge in [-0.1, -0.05) is 67.6 Å². The Hall–Kier alpha value is -1.60. The molecule has 0 aliphatic rings. The number of hydrogen-bond donors (Lipinski definition) is 0. The maximum absolute atomic E-state index is 2.38. The summed E-state index contributed by atoms with van der Waals surface area (Å²) in [4.78, 5) is 2.38. The molecule has 1 atom stereocenters. The Labute approximate surface area is 110 Å². The summed E-state index contributed by atoms with van der Waals surface area (Å²) in [5.74, 6) is 0.569. The molecule has 18 heavy (non-hydrogen) atoms. The molecular weight excluding hydrogens is 218 g/mol. The van der Waals surface area contributed by atoms with Crippen molar-refractivity contribution < 1.29 is 0 Å². The molecule has 94 valence electrons. The minimum Gasteiger partial charge on any atom is -0.302 e. The molecule has 1 heteroatoms. The average Bonchev–Trinajstić information content (AvgIpc) is 2.40. The van der Waals surface area contributed by atoms with Gasteiger partial charge in [-0.05, 0) is 24.1 Å². The zero-order chi connectivity index (χ0) is 12.8. The lowest BCUT2D eigenvalue weighted by Gasteiger charge is -2.21. The molecule has 2 aromatic carbocycles. The molecule has 0 aliphatic carbocycles. The Bertz CT molecular complexity index is 450. The molecular formula is C17H21N. The molecule has 0 unspecified atom stereocenters. The van der Waals surface area contributed by atoms with Crippen molar-refractivity contribution in [2.24, 2.45) is 0 Å². The summed E-state index contributed by atoms with van der Waals surface area (Å²) >= 11 is 0. The maximum Gasteiger partial charge on any atom is 0.0230 e. The summed E-state index contributed by atoms with van der Waals surface area (Å²) in [7, 11) is 2.19. The van der Waals surface area contributed by atoms with Crippen LogP contribution in [0, 0.1) is 0 Å². The zero-order valence-electron chi connectivity index (χ0n) is 11.2. The second-order valence-electron chi connectivity index (χ2n) is 4.99. The molecule has 0 saturated carbocycles. The molecule has 0 N–H and O–H groups in total. The fourth-order valence-electron chi connectivity index (χ4n) is 2.31. The Morgan fingerprint density at radius 1 is 0.889 bits per heavy atom. The number of nitrogens with zero attached hydrogens (tertiary/aromatic N) is 1. The predicted molar refractivity (Wildman–Crippen MR) is 77.6 cm³/mol. The first-order valence-corrected chi connectivity index (χ1v) is 6.53. The quantitative estimate of drug-likeness (QED) is 0.764. The van der Waals surface area contributed by atoms with E-state index in [-0.39, 0.29) is 0 Å². The summed E-state index contributed by atoms with van der Waals surface area (Å²) in [5, 5.41) is 0. The maximum atomic E-state index is 2.38. The van der Waals surface area contributed by atoms with Gasteiger partial charge in [-0.3, -0.25) is 0 Å². The van der Waals surface area contributed by atoms with E-state index in [0.717, 1.165) is 13.1 Å². The smallest absolute Gasteiger partial charge is 0.0230 e. The van der Waals surface area contributed by atoms with E-state index in [1.165, 1.54) is 11.1 Å². The van der Waals surface area contributed by atoms with E-state index in [2.05, 4.69) is 79.5 Å². The highest BCUT2D eigenvalue weighted by Gasteiger charge is 2.08. The van der Waals surface area contributed by atoms with Crippen molar-refractivity contribution in [3.63, 3.8) is 0 Å². The first-order valence-electron chi connectivity index (χ1n) is 6.53. The summed E-state index contributed by atoms with van der Waals surface area (Å²) in [6, 6.07) is 21.4. The number of hydrogen-bond acceptors (Lipinski definition) is 1. The van der Waals surface area contributed by atoms with Crippen molar-refractivity contribution in [1.82, 2.24) is 4.90 Å². The van der Waals surface area contributed by atoms with E-state index in [1.54, 1.807) is 0 Å². The van der Waals surface area contributed by atoms with Gasteiger partial charge in [-0.15, -0.1) is 0 Å². The minimum absolute atomic E-state index is 0.569. The monoisotopic (exact) mass is 239 g/mol. The van der Waals surface area contributed by atoms with Gasteiger partial charge in [0, 0.05) is 13.1 Å². The lowest BCUT2D eigenvalue weighted by molar-refractivity contribution is 0.309. The second-order valence-corrected chi connectivity index (χ2v) is 4.99. The highest BCUT2D eigenvalue weighted by atomic mass is 15.1. The van der Waals surface area contributed by atoms with Crippen LogP contribution in [0.3, 0.4) is 0 Å². The van der Waals surface area contributed by atoms with E-state index < -0.39 is 0 Å². The van der Waals surface area contributed by atoms with Gasteiger partial charge in [0.2, 0.25) is 0 Å². The van der Waals surface area contributed by atoms with Crippen LogP contribution < -0.4 is 0 Å². The highest BCUT2D eigenvalue weighted by Crippen LogP contribution is 2.16. The van der Waals surface area contributed by atoms with Gasteiger partial charge >= 0.3 is 0 Å². The zero-order valence-corrected chi connectivity index (χ0v) is 11.2. The van der Waals surface area contributed by atoms with Gasteiger partial charge in [-0.2, -0.15) is 0 Å². The van der Waals surface area contributed by atoms with Gasteiger partial charge in [0.25, 0.3) is 0 Å². The molecule has 0 radical (unpaired) electrons. The highest BCUT2D eigenvalue weighted by molar-refractivity contribution is 5.19. The minimum atomic E-state index is 0.569. The van der Waals surface area contributed by atoms with Gasteiger partial charge < -0.3 is 4.90 Å². The SMILES string of the molecule is C[C@@H](CN(C)Cc1ccccc1)c1ccccc1. The Morgan fingerprint density at radius 2 is 1.44 bits per heavy atom. The number of likely N-dealkylation sites (N-methyl/N-ethyl adjacent to an activating group) is 1. The molecule has 0 spiro atoms. The van der Waals surface area contributed by atoms with E-state index >= 15 is 0 Å². The van der Waals surface area contributed by atoms with Crippen molar-refractivity contribution in [2.75, 3.05) is 13.6 Å². The topological polar surface area (TPSA) is 3.24 Å². The lowest BCUT2D eigenvalue weighted by atomic mass is 10.0. The molecule has 2 rings (SSSR count). The van der Waals surface area contributed by atoms with Crippen molar-refractivity contribution in [2.45, 2.75) is 19.4 Å². The van der Waals surface area contributed by atoms with Gasteiger partial charge in [0.05, 0.1) is 0 Å². The largest absolute Gasteiger partial charge is 0.302 e. The second kappa shape index (κ2) is 6.36. The molecule has 0 amide bonds. The molecule has 2 aromatic rings. The third-order valence-electron chi connectivity index (χ3n) is 3.25. The molecule has 0 bridgehead atoms. The molecule has 0 aromatic heterocycles. The fraction of sp³-hybridized carbons (Fsp3) is 0.294. The number of benzene rings is 2. The van der Waals surface area contributed by atoms with Crippen LogP contribution in [-0.4, -0.2) is 18.5 Å². The van der Waals surface area contributed by atoms with Crippen LogP contribution in [0.2, 0.25) is 0 Å². The van der Waals surface area contributed by atoms with E-state index in [9.17, 15) is 0 Å².